The molecule has 2 aliphatic heterocycles. The maximum absolute atomic E-state index is 10.9. The van der Waals surface area contributed by atoms with Crippen LogP contribution in [0.25, 0.3) is 0 Å². The number of aliphatic hydroxyl groups is 1. The molecule has 81 heavy (non-hydrogen) atoms. The van der Waals surface area contributed by atoms with Crippen LogP contribution >= 0.6 is 0 Å². The molecule has 2 aromatic carbocycles. The van der Waals surface area contributed by atoms with E-state index in [-0.39, 0.29) is 42.9 Å². The number of aryl methyl sites for hydroxylation is 1. The third-order valence-electron chi connectivity index (χ3n) is 16.9. The van der Waals surface area contributed by atoms with E-state index in [9.17, 15) is 5.11 Å². The summed E-state index contributed by atoms with van der Waals surface area (Å²) < 4.78 is 17.9. The number of fused-ring (bicyclic) bond motifs is 2. The monoisotopic (exact) mass is 1080 g/mol. The molecule has 314 valence electrons. The zero-order chi connectivity index (χ0) is 61.2. The van der Waals surface area contributed by atoms with E-state index in [1.807, 2.05) is 18.2 Å². The van der Waals surface area contributed by atoms with Crippen LogP contribution in [0, 0.1) is 0 Å². The summed E-state index contributed by atoms with van der Waals surface area (Å²) >= 11 is 0. The number of hydrogen-bond donors (Lipinski definition) is 1. The molecule has 2 unspecified atom stereocenters. The number of quaternary nitrogens is 1. The molecular formula is C23H30B52INO4. The number of rotatable bonds is 30. The molecule has 5 nitrogen and oxygen atoms in total. The number of hydrogen-bond acceptors (Lipinski definition) is 4. The lowest BCUT2D eigenvalue weighted by Gasteiger charge is -2.57. The van der Waals surface area contributed by atoms with Crippen LogP contribution in [-0.4, -0.2) is 419 Å². The Balaban J connectivity index is 0.000000641. The van der Waals surface area contributed by atoms with E-state index in [1.54, 1.807) is 7.11 Å². The molecule has 2 atom stereocenters. The lowest BCUT2D eigenvalue weighted by molar-refractivity contribution is -0.924. The molecule has 2 aliphatic rings. The first-order valence-corrected chi connectivity index (χ1v) is 27.0. The molecule has 1 N–H and O–H groups in total. The molecule has 0 saturated heterocycles. The molecule has 0 aromatic heterocycles. The third-order valence-corrected chi connectivity index (χ3v) is 16.9. The van der Waals surface area contributed by atoms with Gasteiger partial charge in [0, 0.05) is 381 Å². The molecule has 0 saturated carbocycles. The van der Waals surface area contributed by atoms with Crippen LogP contribution < -0.4 is 38.2 Å². The zero-order valence-corrected chi connectivity index (χ0v) is 49.5. The maximum Gasteiger partial charge on any atom is 0.231 e. The Hall–Kier alpha value is 1.87. The summed E-state index contributed by atoms with van der Waals surface area (Å²) in [7, 11) is 180. The summed E-state index contributed by atoms with van der Waals surface area (Å²) in [5, 5.41) is 10.9. The predicted octanol–water partition coefficient (Wildman–Crippen LogP) is -19.3. The Labute approximate surface area is 554 Å². The van der Waals surface area contributed by atoms with Crippen molar-refractivity contribution in [1.29, 1.82) is 0 Å². The highest BCUT2D eigenvalue weighted by atomic mass is 127. The third kappa shape index (κ3) is 20.7. The van der Waals surface area contributed by atoms with E-state index in [2.05, 4.69) is 32.3 Å². The molecule has 0 bridgehead atoms. The number of halogens is 1. The standard InChI is InChI=1S/C23H30NO4.B52.HI/c1-24(2)12-11-17-13-20-22(28-15-27-20)23(26-3)21(17)19(24)14-18(25)10-9-16-7-5-4-6-8-16;1-28(2)41(27)48(42(29(3)4)30(5)6)51(47(39(23)24)40(25)26)52(49(43(31(7)8)32(9)10)44(33(11)12)34(13)14)50(45(35(15)16)36(17)18)46(37(19)20)38(21)22;/h4-8,13,18-19,25H,9-12,14-15H2,1-3H3;;1H/q+1;;/p-1. The molecule has 0 spiro atoms. The van der Waals surface area contributed by atoms with E-state index >= 15 is 0 Å². The second kappa shape index (κ2) is 36.0. The number of likely N-dealkylation sites (N-methyl/N-ethyl adjacent to an activating group) is 1. The van der Waals surface area contributed by atoms with Crippen LogP contribution in [-0.2, 0) is 12.8 Å². The summed E-state index contributed by atoms with van der Waals surface area (Å²) in [5.74, 6) is 2.24. The number of methoxy groups -OCH3 is 1. The van der Waals surface area contributed by atoms with Crippen LogP contribution in [0.5, 0.6) is 17.2 Å². The van der Waals surface area contributed by atoms with Crippen molar-refractivity contribution >= 4 is 369 Å². The highest BCUT2D eigenvalue weighted by molar-refractivity contribution is 8.36. The van der Waals surface area contributed by atoms with Crippen molar-refractivity contribution in [3.05, 3.63) is 53.1 Å². The van der Waals surface area contributed by atoms with Gasteiger partial charge in [0.15, 0.2) is 11.5 Å². The average Bonchev–Trinajstić information content (AvgIpc) is 3.80. The Bertz CT molecular complexity index is 1980. The van der Waals surface area contributed by atoms with E-state index < -0.39 is 160 Å². The highest BCUT2D eigenvalue weighted by Crippen LogP contribution is 2.51. The van der Waals surface area contributed by atoms with Gasteiger partial charge in [0.2, 0.25) is 12.5 Å². The summed E-state index contributed by atoms with van der Waals surface area (Å²) in [6.45, 7) is 1.25. The molecule has 54 radical (unpaired) electrons. The number of nitrogens with zero attached hydrogens (tertiary/aromatic N) is 1. The quantitative estimate of drug-likeness (QED) is 0.0481. The van der Waals surface area contributed by atoms with E-state index in [0.29, 0.717) is 12.2 Å². The molecule has 0 aliphatic carbocycles. The Morgan fingerprint density at radius 1 is 0.506 bits per heavy atom. The van der Waals surface area contributed by atoms with E-state index in [1.165, 1.54) is 16.7 Å². The molecule has 4 rings (SSSR count). The molecule has 0 fully saturated rings. The molecule has 2 aromatic rings. The molecule has 0 amide bonds. The fraction of sp³-hybridized carbons (Fsp3) is 0.478. The van der Waals surface area contributed by atoms with Gasteiger partial charge in [-0.05, 0) is 30.0 Å². The topological polar surface area (TPSA) is 47.9 Å². The average molecular weight is 1070 g/mol. The van der Waals surface area contributed by atoms with Crippen LogP contribution in [0.2, 0.25) is 0 Å². The van der Waals surface area contributed by atoms with Crippen molar-refractivity contribution in [3.63, 3.8) is 0 Å². The Morgan fingerprint density at radius 3 is 1.20 bits per heavy atom. The van der Waals surface area contributed by atoms with Gasteiger partial charge < -0.3 is 47.8 Å². The van der Waals surface area contributed by atoms with Gasteiger partial charge in [-0.15, -0.1) is 0 Å². The second-order valence-electron chi connectivity index (χ2n) is 22.8. The smallest absolute Gasteiger partial charge is 0.231 e. The van der Waals surface area contributed by atoms with Crippen molar-refractivity contribution in [1.82, 2.24) is 0 Å². The first-order valence-electron chi connectivity index (χ1n) is 27.0. The summed E-state index contributed by atoms with van der Waals surface area (Å²) in [5.41, 5.74) is 3.68. The molecule has 58 heteroatoms. The minimum absolute atomic E-state index is 0. The summed E-state index contributed by atoms with van der Waals surface area (Å²) in [6, 6.07) is 12.6. The summed E-state index contributed by atoms with van der Waals surface area (Å²) in [6.07, 6.45) is -30.1. The van der Waals surface area contributed by atoms with E-state index in [0.717, 1.165) is 41.8 Å². The van der Waals surface area contributed by atoms with Gasteiger partial charge in [-0.1, -0.05) is 30.3 Å². The lowest BCUT2D eigenvalue weighted by atomic mass is 8.24. The SMILES string of the molecule is COc1c2c(cc3c1C(CC(O)CCc1ccccc1)[N+](C)(C)CC3)OCO2.[B]B([B])B([B])B(B(B([B])[B])B([B])[B])B(B(B([B])[B])B([B])[B])B(B(B(B([B])[B])B([B])[B])B(B([B])[B])B([B])[B])B(B(B([B])[B])B([B])[B])B(B([B])[B])B([B])[B].[I-]. The molecule has 2 heterocycles. The summed E-state index contributed by atoms with van der Waals surface area (Å²) in [4.78, 5) is 0. The van der Waals surface area contributed by atoms with Crippen LogP contribution in [0.4, 0.5) is 0 Å². The van der Waals surface area contributed by atoms with Gasteiger partial charge in [-0.3, -0.25) is 0 Å². The largest absolute Gasteiger partial charge is 1.00 e. The zero-order valence-electron chi connectivity index (χ0n) is 47.4. The van der Waals surface area contributed by atoms with Crippen molar-refractivity contribution < 1.29 is 47.8 Å². The second-order valence-corrected chi connectivity index (χ2v) is 22.8. The lowest BCUT2D eigenvalue weighted by Crippen LogP contribution is -3.00. The minimum Gasteiger partial charge on any atom is -1.00 e. The van der Waals surface area contributed by atoms with E-state index in [4.69, 9.17) is 223 Å². The Kier molecular flexibility index (Phi) is 35.1. The van der Waals surface area contributed by atoms with Gasteiger partial charge in [0.1, 0.15) is 6.04 Å². The number of aliphatic hydroxyl groups excluding tert-OH is 1. The van der Waals surface area contributed by atoms with Crippen molar-refractivity contribution in [3.8, 4) is 17.2 Å². The van der Waals surface area contributed by atoms with Crippen LogP contribution in [0.1, 0.15) is 35.6 Å². The molecular weight excluding hydrogens is 1040 g/mol. The maximum atomic E-state index is 10.9. The minimum atomic E-state index is -1.40. The van der Waals surface area contributed by atoms with Crippen molar-refractivity contribution in [2.24, 2.45) is 0 Å². The fourth-order valence-corrected chi connectivity index (χ4v) is 13.2. The number of ether oxygens (including phenoxy) is 3. The van der Waals surface area contributed by atoms with Gasteiger partial charge in [0.05, 0.1) is 39.4 Å². The fourth-order valence-electron chi connectivity index (χ4n) is 13.2. The number of benzene rings is 2. The van der Waals surface area contributed by atoms with Gasteiger partial charge >= 0.3 is 0 Å². The van der Waals surface area contributed by atoms with Crippen molar-refractivity contribution in [2.45, 2.75) is 37.8 Å². The predicted molar refractivity (Wildman–Crippen MR) is 407 cm³/mol. The first kappa shape index (κ1) is 79.0. The first-order chi connectivity index (χ1) is 37.1. The van der Waals surface area contributed by atoms with Gasteiger partial charge in [-0.2, -0.15) is 0 Å². The van der Waals surface area contributed by atoms with Crippen LogP contribution in [0.15, 0.2) is 36.4 Å². The van der Waals surface area contributed by atoms with Crippen molar-refractivity contribution in [2.75, 3.05) is 34.5 Å². The van der Waals surface area contributed by atoms with Gasteiger partial charge in [-0.25, -0.2) is 0 Å². The van der Waals surface area contributed by atoms with Gasteiger partial charge in [0.25, 0.3) is 0 Å². The van der Waals surface area contributed by atoms with Crippen LogP contribution in [0.3, 0.4) is 0 Å². The normalized spacial score (nSPS) is 13.3. The highest BCUT2D eigenvalue weighted by Gasteiger charge is 2.60. The Morgan fingerprint density at radius 2 is 0.852 bits per heavy atom.